The Bertz CT molecular complexity index is 1210. The van der Waals surface area contributed by atoms with Gasteiger partial charge in [-0.3, -0.25) is 4.55 Å². The number of aromatic nitrogens is 4. The van der Waals surface area contributed by atoms with Crippen LogP contribution in [0.5, 0.6) is 5.88 Å². The first-order chi connectivity index (χ1) is 16.5. The van der Waals surface area contributed by atoms with Gasteiger partial charge in [0.05, 0.1) is 12.8 Å². The molecular formula is C23H33FN5NaO4SSi. The van der Waals surface area contributed by atoms with Crippen LogP contribution in [0, 0.1) is 5.82 Å². The number of nitrogens with one attached hydrogen (secondary N) is 1. The molecule has 2 heterocycles. The average Bonchev–Trinajstić information content (AvgIpc) is 3.20. The first-order valence-electron chi connectivity index (χ1n) is 11.2. The van der Waals surface area contributed by atoms with Gasteiger partial charge in [0.1, 0.15) is 12.5 Å². The smallest absolute Gasteiger partial charge is 1.00 e. The molecule has 0 saturated carbocycles. The van der Waals surface area contributed by atoms with Crippen LogP contribution in [0.1, 0.15) is 26.8 Å². The number of halogens is 1. The largest absolute Gasteiger partial charge is 1.00 e. The van der Waals surface area contributed by atoms with Crippen molar-refractivity contribution in [1.29, 1.82) is 0 Å². The Kier molecular flexibility index (Phi) is 11.2. The van der Waals surface area contributed by atoms with Gasteiger partial charge in [0.2, 0.25) is 22.9 Å². The van der Waals surface area contributed by atoms with Crippen molar-refractivity contribution in [2.24, 2.45) is 0 Å². The van der Waals surface area contributed by atoms with Crippen molar-refractivity contribution in [3.63, 3.8) is 0 Å². The second-order valence-electron chi connectivity index (χ2n) is 9.60. The van der Waals surface area contributed by atoms with Gasteiger partial charge in [0.25, 0.3) is 5.16 Å². The van der Waals surface area contributed by atoms with Crippen molar-refractivity contribution in [2.75, 3.05) is 19.0 Å². The number of methoxy groups -OCH3 is 1. The summed E-state index contributed by atoms with van der Waals surface area (Å²) >= 11 is -2.38. The van der Waals surface area contributed by atoms with E-state index >= 15 is 0 Å². The molecule has 0 radical (unpaired) electrons. The molecule has 192 valence electrons. The molecule has 9 nitrogen and oxygen atoms in total. The number of rotatable bonds is 11. The van der Waals surface area contributed by atoms with E-state index in [2.05, 4.69) is 40.0 Å². The van der Waals surface area contributed by atoms with E-state index in [1.54, 1.807) is 18.3 Å². The molecule has 3 aromatic rings. The summed E-state index contributed by atoms with van der Waals surface area (Å²) in [6, 6.07) is 7.31. The molecule has 1 atom stereocenters. The summed E-state index contributed by atoms with van der Waals surface area (Å²) in [7, 11) is 0.225. The fourth-order valence-corrected chi connectivity index (χ4v) is 4.45. The van der Waals surface area contributed by atoms with Crippen molar-refractivity contribution in [2.45, 2.75) is 57.3 Å². The van der Waals surface area contributed by atoms with Crippen LogP contribution in [-0.4, -0.2) is 50.3 Å². The summed E-state index contributed by atoms with van der Waals surface area (Å²) in [6.45, 7) is 11.3. The molecule has 0 spiro atoms. The third kappa shape index (κ3) is 8.17. The zero-order chi connectivity index (χ0) is 25.8. The number of anilines is 2. The first kappa shape index (κ1) is 30.6. The van der Waals surface area contributed by atoms with Crippen LogP contribution in [0.2, 0.25) is 25.7 Å². The third-order valence-corrected chi connectivity index (χ3v) is 7.46. The van der Waals surface area contributed by atoms with E-state index in [4.69, 9.17) is 9.47 Å². The number of ether oxygens (including phenoxy) is 2. The van der Waals surface area contributed by atoms with Crippen molar-refractivity contribution >= 4 is 30.8 Å². The Balaban J connectivity index is 0.00000342. The van der Waals surface area contributed by atoms with Crippen LogP contribution >= 0.6 is 0 Å². The molecule has 3 rings (SSSR count). The molecule has 1 aromatic carbocycles. The Morgan fingerprint density at radius 2 is 2.00 bits per heavy atom. The van der Waals surface area contributed by atoms with E-state index in [1.165, 1.54) is 23.9 Å². The molecule has 36 heavy (non-hydrogen) atoms. The second-order valence-corrected chi connectivity index (χ2v) is 16.1. The molecule has 0 aliphatic carbocycles. The predicted molar refractivity (Wildman–Crippen MR) is 138 cm³/mol. The van der Waals surface area contributed by atoms with E-state index in [-0.39, 0.29) is 54.7 Å². The normalized spacial score (nSPS) is 12.4. The summed E-state index contributed by atoms with van der Waals surface area (Å²) in [5.74, 6) is 0.178. The van der Waals surface area contributed by atoms with Gasteiger partial charge in [0, 0.05) is 32.5 Å². The van der Waals surface area contributed by atoms with Crippen LogP contribution < -0.4 is 39.6 Å². The summed E-state index contributed by atoms with van der Waals surface area (Å²) < 4.78 is 48.4. The van der Waals surface area contributed by atoms with Crippen LogP contribution in [0.15, 0.2) is 35.6 Å². The average molecular weight is 546 g/mol. The summed E-state index contributed by atoms with van der Waals surface area (Å²) in [4.78, 5) is 8.35. The van der Waals surface area contributed by atoms with Gasteiger partial charge in [-0.2, -0.15) is 4.98 Å². The molecular weight excluding hydrogens is 512 g/mol. The minimum atomic E-state index is -2.38. The Morgan fingerprint density at radius 3 is 2.61 bits per heavy atom. The summed E-state index contributed by atoms with van der Waals surface area (Å²) in [5, 5.41) is 7.12. The molecule has 0 aliphatic heterocycles. The Morgan fingerprint density at radius 1 is 1.28 bits per heavy atom. The fourth-order valence-electron chi connectivity index (χ4n) is 3.36. The van der Waals surface area contributed by atoms with E-state index < -0.39 is 25.0 Å². The number of nitrogens with zero attached hydrogens (tertiary/aromatic N) is 4. The van der Waals surface area contributed by atoms with Gasteiger partial charge < -0.3 is 16.2 Å². The molecule has 0 bridgehead atoms. The number of hydrogen-bond donors (Lipinski definition) is 2. The van der Waals surface area contributed by atoms with Gasteiger partial charge in [-0.25, -0.2) is 18.3 Å². The van der Waals surface area contributed by atoms with Crippen molar-refractivity contribution < 1.29 is 53.6 Å². The van der Waals surface area contributed by atoms with Crippen molar-refractivity contribution in [3.8, 4) is 17.0 Å². The number of benzene rings is 1. The zero-order valence-corrected chi connectivity index (χ0v) is 25.6. The monoisotopic (exact) mass is 545 g/mol. The molecule has 0 amide bonds. The zero-order valence-electron chi connectivity index (χ0n) is 22.8. The molecule has 0 saturated heterocycles. The molecule has 13 heteroatoms. The van der Waals surface area contributed by atoms with Crippen LogP contribution in [0.4, 0.5) is 16.0 Å². The van der Waals surface area contributed by atoms with Gasteiger partial charge >= 0.3 is 29.6 Å². The van der Waals surface area contributed by atoms with Crippen molar-refractivity contribution in [1.82, 2.24) is 19.7 Å². The van der Waals surface area contributed by atoms with E-state index in [0.717, 1.165) is 6.04 Å². The van der Waals surface area contributed by atoms with Gasteiger partial charge in [0.15, 0.2) is 0 Å². The SMILES string of the molecule is COc1cc(-c2cc(F)cc(C(C)C)c2Nc2nc(S(=O)O)nn2COCC[Si](C)(C)C)ccn1.[H-].[Na+]. The van der Waals surface area contributed by atoms with Crippen LogP contribution in [-0.2, 0) is 22.5 Å². The number of pyridine rings is 1. The predicted octanol–water partition coefficient (Wildman–Crippen LogP) is 2.36. The Hall–Kier alpha value is -1.67. The van der Waals surface area contributed by atoms with Gasteiger partial charge in [-0.1, -0.05) is 33.5 Å². The minimum Gasteiger partial charge on any atom is -1.00 e. The third-order valence-electron chi connectivity index (χ3n) is 5.27. The quantitative estimate of drug-likeness (QED) is 0.215. The standard InChI is InChI=1S/C23H32FN5O4SSi.Na.H/c1-15(2)18-12-17(24)13-19(16-7-8-25-20(11-16)32-3)21(18)26-22-27-23(34(30)31)28-29(22)14-33-9-10-35(4,5)6;;/h7-8,11-13,15H,9-10,14H2,1-6H3,(H,30,31)(H,26,27,28);;/q;+1;-1. The van der Waals surface area contributed by atoms with E-state index in [9.17, 15) is 13.2 Å². The number of hydrogen-bond acceptors (Lipinski definition) is 7. The summed E-state index contributed by atoms with van der Waals surface area (Å²) in [5.41, 5.74) is 2.55. The van der Waals surface area contributed by atoms with E-state index in [0.29, 0.717) is 34.9 Å². The van der Waals surface area contributed by atoms with E-state index in [1.807, 2.05) is 13.8 Å². The fraction of sp³-hybridized carbons (Fsp3) is 0.435. The topological polar surface area (TPSA) is 111 Å². The first-order valence-corrected chi connectivity index (χ1v) is 16.0. The molecule has 1 unspecified atom stereocenters. The van der Waals surface area contributed by atoms with Gasteiger partial charge in [-0.05, 0) is 41.3 Å². The van der Waals surface area contributed by atoms with Crippen molar-refractivity contribution in [3.05, 3.63) is 41.8 Å². The maximum atomic E-state index is 14.7. The molecule has 2 N–H and O–H groups in total. The maximum absolute atomic E-state index is 14.7. The Labute approximate surface area is 238 Å². The second kappa shape index (κ2) is 13.2. The summed E-state index contributed by atoms with van der Waals surface area (Å²) in [6.07, 6.45) is 1.58. The molecule has 2 aromatic heterocycles. The van der Waals surface area contributed by atoms with Crippen LogP contribution in [0.25, 0.3) is 11.1 Å². The van der Waals surface area contributed by atoms with Crippen LogP contribution in [0.3, 0.4) is 0 Å². The molecule has 0 fully saturated rings. The molecule has 0 aliphatic rings. The minimum absolute atomic E-state index is 0. The maximum Gasteiger partial charge on any atom is 1.00 e. The van der Waals surface area contributed by atoms with Gasteiger partial charge in [-0.15, -0.1) is 5.10 Å².